The van der Waals surface area contributed by atoms with Crippen LogP contribution in [0.5, 0.6) is 0 Å². The summed E-state index contributed by atoms with van der Waals surface area (Å²) >= 11 is 0. The Morgan fingerprint density at radius 1 is 1.11 bits per heavy atom. The zero-order valence-corrected chi connectivity index (χ0v) is 11.1. The highest BCUT2D eigenvalue weighted by atomic mass is 16.4. The Balaban J connectivity index is 0.000000321. The van der Waals surface area contributed by atoms with Gasteiger partial charge in [-0.3, -0.25) is 4.79 Å². The molecule has 0 atom stereocenters. The van der Waals surface area contributed by atoms with Gasteiger partial charge in [0.2, 0.25) is 0 Å². The average molecular weight is 252 g/mol. The van der Waals surface area contributed by atoms with E-state index in [4.69, 9.17) is 10.2 Å². The summed E-state index contributed by atoms with van der Waals surface area (Å²) in [5.74, 6) is -0.675. The molecule has 3 heteroatoms. The van der Waals surface area contributed by atoms with Gasteiger partial charge in [0.05, 0.1) is 0 Å². The quantitative estimate of drug-likeness (QED) is 0.732. The van der Waals surface area contributed by atoms with Crippen LogP contribution >= 0.6 is 0 Å². The molecular weight excluding hydrogens is 228 g/mol. The van der Waals surface area contributed by atoms with Gasteiger partial charge in [-0.05, 0) is 18.4 Å². The largest absolute Gasteiger partial charge is 0.481 e. The molecule has 0 saturated heterocycles. The molecule has 0 spiro atoms. The highest BCUT2D eigenvalue weighted by Gasteiger charge is 1.94. The molecule has 0 aliphatic carbocycles. The standard InChI is InChI=1S/C8H10O.C7H14O2/c9-7-6-8-4-2-1-3-5-8;1-2-3-4-5-6-7(8)9/h1-5,9H,6-7H2;2-6H2,1H3,(H,8,9). The third-order valence-corrected chi connectivity index (χ3v) is 2.49. The minimum atomic E-state index is -0.675. The molecule has 0 unspecified atom stereocenters. The maximum Gasteiger partial charge on any atom is 0.303 e. The maximum atomic E-state index is 9.96. The van der Waals surface area contributed by atoms with Crippen LogP contribution in [-0.4, -0.2) is 22.8 Å². The Bertz CT molecular complexity index is 296. The van der Waals surface area contributed by atoms with Crippen molar-refractivity contribution >= 4 is 5.97 Å². The molecule has 0 aromatic heterocycles. The van der Waals surface area contributed by atoms with Crippen molar-refractivity contribution in [1.82, 2.24) is 0 Å². The van der Waals surface area contributed by atoms with Crippen molar-refractivity contribution in [1.29, 1.82) is 0 Å². The van der Waals surface area contributed by atoms with Crippen LogP contribution in [0.15, 0.2) is 30.3 Å². The van der Waals surface area contributed by atoms with Gasteiger partial charge in [0.15, 0.2) is 0 Å². The highest BCUT2D eigenvalue weighted by molar-refractivity contribution is 5.66. The second kappa shape index (κ2) is 12.1. The zero-order valence-electron chi connectivity index (χ0n) is 11.1. The molecule has 0 radical (unpaired) electrons. The molecule has 0 heterocycles. The van der Waals surface area contributed by atoms with Gasteiger partial charge in [0.25, 0.3) is 0 Å². The molecule has 1 rings (SSSR count). The van der Waals surface area contributed by atoms with Gasteiger partial charge in [0, 0.05) is 13.0 Å². The minimum Gasteiger partial charge on any atom is -0.481 e. The van der Waals surface area contributed by atoms with E-state index in [-0.39, 0.29) is 6.61 Å². The zero-order chi connectivity index (χ0) is 13.6. The van der Waals surface area contributed by atoms with E-state index in [9.17, 15) is 4.79 Å². The summed E-state index contributed by atoms with van der Waals surface area (Å²) in [4.78, 5) is 9.96. The van der Waals surface area contributed by atoms with E-state index in [2.05, 4.69) is 6.92 Å². The van der Waals surface area contributed by atoms with Crippen LogP contribution in [0.2, 0.25) is 0 Å². The van der Waals surface area contributed by atoms with Gasteiger partial charge < -0.3 is 10.2 Å². The highest BCUT2D eigenvalue weighted by Crippen LogP contribution is 2.01. The number of benzene rings is 1. The summed E-state index contributed by atoms with van der Waals surface area (Å²) in [6.07, 6.45) is 5.32. The Hall–Kier alpha value is -1.35. The van der Waals surface area contributed by atoms with E-state index in [0.29, 0.717) is 6.42 Å². The molecule has 0 saturated carbocycles. The fraction of sp³-hybridized carbons (Fsp3) is 0.533. The number of rotatable bonds is 7. The Morgan fingerprint density at radius 2 is 1.78 bits per heavy atom. The van der Waals surface area contributed by atoms with Crippen LogP contribution < -0.4 is 0 Å². The molecular formula is C15H24O3. The molecule has 1 aromatic rings. The average Bonchev–Trinajstić information content (AvgIpc) is 2.37. The van der Waals surface area contributed by atoms with Crippen molar-refractivity contribution in [3.8, 4) is 0 Å². The molecule has 0 amide bonds. The summed E-state index contributed by atoms with van der Waals surface area (Å²) in [6, 6.07) is 9.95. The van der Waals surface area contributed by atoms with E-state index in [0.717, 1.165) is 25.7 Å². The number of carboxylic acids is 1. The predicted octanol–water partition coefficient (Wildman–Crippen LogP) is 3.26. The monoisotopic (exact) mass is 252 g/mol. The van der Waals surface area contributed by atoms with Crippen LogP contribution in [0, 0.1) is 0 Å². The Labute approximate surface area is 109 Å². The Kier molecular flexibility index (Phi) is 11.2. The van der Waals surface area contributed by atoms with Crippen molar-refractivity contribution in [3.63, 3.8) is 0 Å². The van der Waals surface area contributed by atoms with Gasteiger partial charge in [-0.15, -0.1) is 0 Å². The number of hydrogen-bond donors (Lipinski definition) is 2. The number of aliphatic hydroxyl groups excluding tert-OH is 1. The lowest BCUT2D eigenvalue weighted by atomic mass is 10.2. The SMILES string of the molecule is CCCCCCC(=O)O.OCCc1ccccc1. The molecule has 3 nitrogen and oxygen atoms in total. The number of aliphatic hydroxyl groups is 1. The second-order valence-corrected chi connectivity index (χ2v) is 4.16. The van der Waals surface area contributed by atoms with Gasteiger partial charge in [-0.25, -0.2) is 0 Å². The second-order valence-electron chi connectivity index (χ2n) is 4.16. The third kappa shape index (κ3) is 11.1. The van der Waals surface area contributed by atoms with Crippen LogP contribution in [0.3, 0.4) is 0 Å². The first-order chi connectivity index (χ1) is 8.70. The lowest BCUT2D eigenvalue weighted by Gasteiger charge is -1.93. The first-order valence-electron chi connectivity index (χ1n) is 6.57. The third-order valence-electron chi connectivity index (χ3n) is 2.49. The van der Waals surface area contributed by atoms with Gasteiger partial charge in [0.1, 0.15) is 0 Å². The molecule has 1 aromatic carbocycles. The summed E-state index contributed by atoms with van der Waals surface area (Å²) in [5.41, 5.74) is 1.19. The van der Waals surface area contributed by atoms with E-state index in [1.54, 1.807) is 0 Å². The van der Waals surface area contributed by atoms with Crippen molar-refractivity contribution in [2.45, 2.75) is 45.4 Å². The topological polar surface area (TPSA) is 57.5 Å². The summed E-state index contributed by atoms with van der Waals surface area (Å²) < 4.78 is 0. The number of hydrogen-bond acceptors (Lipinski definition) is 2. The van der Waals surface area contributed by atoms with Gasteiger partial charge in [-0.1, -0.05) is 56.5 Å². The molecule has 0 aliphatic rings. The first kappa shape index (κ1) is 16.6. The number of unbranched alkanes of at least 4 members (excludes halogenated alkanes) is 3. The lowest BCUT2D eigenvalue weighted by Crippen LogP contribution is -1.92. The van der Waals surface area contributed by atoms with Crippen molar-refractivity contribution < 1.29 is 15.0 Å². The van der Waals surface area contributed by atoms with E-state index < -0.39 is 5.97 Å². The van der Waals surface area contributed by atoms with E-state index >= 15 is 0 Å². The minimum absolute atomic E-state index is 0.240. The van der Waals surface area contributed by atoms with Crippen LogP contribution in [0.25, 0.3) is 0 Å². The summed E-state index contributed by atoms with van der Waals surface area (Å²) in [5, 5.41) is 16.7. The van der Waals surface area contributed by atoms with Crippen molar-refractivity contribution in [3.05, 3.63) is 35.9 Å². The normalized spacial score (nSPS) is 9.44. The maximum absolute atomic E-state index is 9.96. The van der Waals surface area contributed by atoms with E-state index in [1.807, 2.05) is 30.3 Å². The fourth-order valence-corrected chi connectivity index (χ4v) is 1.48. The van der Waals surface area contributed by atoms with Crippen molar-refractivity contribution in [2.75, 3.05) is 6.61 Å². The van der Waals surface area contributed by atoms with Gasteiger partial charge in [-0.2, -0.15) is 0 Å². The van der Waals surface area contributed by atoms with Crippen LogP contribution in [0.1, 0.15) is 44.6 Å². The fourth-order valence-electron chi connectivity index (χ4n) is 1.48. The summed E-state index contributed by atoms with van der Waals surface area (Å²) in [6.45, 7) is 2.35. The van der Waals surface area contributed by atoms with Crippen LogP contribution in [-0.2, 0) is 11.2 Å². The lowest BCUT2D eigenvalue weighted by molar-refractivity contribution is -0.137. The van der Waals surface area contributed by atoms with E-state index in [1.165, 1.54) is 12.0 Å². The predicted molar refractivity (Wildman–Crippen MR) is 73.6 cm³/mol. The van der Waals surface area contributed by atoms with Gasteiger partial charge >= 0.3 is 5.97 Å². The molecule has 0 aliphatic heterocycles. The molecule has 2 N–H and O–H groups in total. The number of carbonyl (C=O) groups is 1. The summed E-state index contributed by atoms with van der Waals surface area (Å²) in [7, 11) is 0. The first-order valence-corrected chi connectivity index (χ1v) is 6.57. The van der Waals surface area contributed by atoms with Crippen molar-refractivity contribution in [2.24, 2.45) is 0 Å². The van der Waals surface area contributed by atoms with Crippen LogP contribution in [0.4, 0.5) is 0 Å². The molecule has 0 fully saturated rings. The molecule has 0 bridgehead atoms. The smallest absolute Gasteiger partial charge is 0.303 e. The number of carboxylic acid groups (broad SMARTS) is 1. The molecule has 102 valence electrons. The molecule has 18 heavy (non-hydrogen) atoms. The number of aliphatic carboxylic acids is 1. The Morgan fingerprint density at radius 3 is 2.28 bits per heavy atom.